The van der Waals surface area contributed by atoms with E-state index in [1.807, 2.05) is 31.2 Å². The minimum absolute atomic E-state index is 0.127. The zero-order chi connectivity index (χ0) is 18.5. The lowest BCUT2D eigenvalue weighted by atomic mass is 10.1. The molecule has 0 fully saturated rings. The predicted octanol–water partition coefficient (Wildman–Crippen LogP) is 4.27. The number of carbonyl (C=O) groups is 1. The fourth-order valence-electron chi connectivity index (χ4n) is 2.56. The molecule has 1 heterocycles. The van der Waals surface area contributed by atoms with E-state index in [1.54, 1.807) is 38.3 Å². The Morgan fingerprint density at radius 2 is 1.77 bits per heavy atom. The van der Waals surface area contributed by atoms with Crippen molar-refractivity contribution in [1.82, 2.24) is 5.16 Å². The van der Waals surface area contributed by atoms with Gasteiger partial charge in [0.1, 0.15) is 11.5 Å². The van der Waals surface area contributed by atoms with E-state index >= 15 is 0 Å². The lowest BCUT2D eigenvalue weighted by molar-refractivity contribution is -0.115. The zero-order valence-electron chi connectivity index (χ0n) is 14.9. The predicted molar refractivity (Wildman–Crippen MR) is 97.8 cm³/mol. The van der Waals surface area contributed by atoms with Gasteiger partial charge in [-0.1, -0.05) is 17.3 Å². The van der Waals surface area contributed by atoms with Crippen LogP contribution >= 0.6 is 0 Å². The molecule has 3 aromatic rings. The molecule has 6 heteroatoms. The lowest BCUT2D eigenvalue weighted by Gasteiger charge is -2.11. The van der Waals surface area contributed by atoms with Crippen molar-refractivity contribution in [2.75, 3.05) is 12.4 Å². The number of benzene rings is 2. The molecule has 0 spiro atoms. The van der Waals surface area contributed by atoms with Crippen LogP contribution in [0.2, 0.25) is 0 Å². The Morgan fingerprint density at radius 1 is 1.08 bits per heavy atom. The van der Waals surface area contributed by atoms with E-state index in [9.17, 15) is 4.79 Å². The van der Waals surface area contributed by atoms with Gasteiger partial charge in [-0.25, -0.2) is 0 Å². The van der Waals surface area contributed by atoms with Gasteiger partial charge in [0, 0.05) is 11.3 Å². The summed E-state index contributed by atoms with van der Waals surface area (Å²) >= 11 is 0. The third-order valence-electron chi connectivity index (χ3n) is 3.95. The molecule has 26 heavy (non-hydrogen) atoms. The smallest absolute Gasteiger partial charge is 0.228 e. The topological polar surface area (TPSA) is 73.6 Å². The molecule has 1 N–H and O–H groups in total. The summed E-state index contributed by atoms with van der Waals surface area (Å²) in [6, 6.07) is 14.6. The number of para-hydroxylation sites is 2. The fourth-order valence-corrected chi connectivity index (χ4v) is 2.56. The van der Waals surface area contributed by atoms with Crippen molar-refractivity contribution in [3.63, 3.8) is 0 Å². The number of hydrogen-bond acceptors (Lipinski definition) is 5. The quantitative estimate of drug-likeness (QED) is 0.717. The van der Waals surface area contributed by atoms with Crippen molar-refractivity contribution < 1.29 is 18.8 Å². The number of aromatic nitrogens is 1. The number of methoxy groups -OCH3 is 1. The van der Waals surface area contributed by atoms with Crippen molar-refractivity contribution in [1.29, 1.82) is 0 Å². The monoisotopic (exact) mass is 352 g/mol. The number of ether oxygens (including phenoxy) is 2. The summed E-state index contributed by atoms with van der Waals surface area (Å²) in [5.41, 5.74) is 2.24. The van der Waals surface area contributed by atoms with Crippen molar-refractivity contribution in [2.24, 2.45) is 0 Å². The van der Waals surface area contributed by atoms with Crippen LogP contribution < -0.4 is 14.8 Å². The van der Waals surface area contributed by atoms with E-state index in [1.165, 1.54) is 0 Å². The molecule has 0 radical (unpaired) electrons. The van der Waals surface area contributed by atoms with Gasteiger partial charge >= 0.3 is 0 Å². The number of rotatable bonds is 6. The summed E-state index contributed by atoms with van der Waals surface area (Å²) in [5.74, 6) is 2.48. The van der Waals surface area contributed by atoms with Gasteiger partial charge in [-0.3, -0.25) is 4.79 Å². The van der Waals surface area contributed by atoms with Gasteiger partial charge in [0.25, 0.3) is 0 Å². The number of carbonyl (C=O) groups excluding carboxylic acids is 1. The number of nitrogens with one attached hydrogen (secondary N) is 1. The molecule has 0 aliphatic heterocycles. The first-order chi connectivity index (χ1) is 12.6. The molecule has 2 aromatic carbocycles. The molecule has 1 amide bonds. The van der Waals surface area contributed by atoms with Crippen LogP contribution in [-0.2, 0) is 11.2 Å². The first-order valence-corrected chi connectivity index (χ1v) is 8.19. The normalized spacial score (nSPS) is 10.4. The zero-order valence-corrected chi connectivity index (χ0v) is 14.9. The van der Waals surface area contributed by atoms with E-state index in [2.05, 4.69) is 10.5 Å². The van der Waals surface area contributed by atoms with Gasteiger partial charge in [-0.2, -0.15) is 0 Å². The summed E-state index contributed by atoms with van der Waals surface area (Å²) in [6.45, 7) is 3.62. The Labute approximate surface area is 151 Å². The number of amides is 1. The van der Waals surface area contributed by atoms with Crippen LogP contribution in [0.4, 0.5) is 5.69 Å². The molecule has 0 aliphatic carbocycles. The Bertz CT molecular complexity index is 881. The largest absolute Gasteiger partial charge is 0.493 e. The second-order valence-electron chi connectivity index (χ2n) is 5.80. The third-order valence-corrected chi connectivity index (χ3v) is 3.95. The number of anilines is 1. The molecular formula is C20H20N2O4. The standard InChI is InChI=1S/C20H20N2O4/c1-13-17(14(2)26-22-13)12-20(23)21-15-8-10-16(11-9-15)25-19-7-5-4-6-18(19)24-3/h4-11H,12H2,1-3H3,(H,21,23). The van der Waals surface area contributed by atoms with E-state index in [0.29, 0.717) is 28.7 Å². The van der Waals surface area contributed by atoms with Gasteiger partial charge in [0.05, 0.1) is 19.2 Å². The van der Waals surface area contributed by atoms with E-state index in [0.717, 1.165) is 11.3 Å². The fraction of sp³-hybridized carbons (Fsp3) is 0.200. The van der Waals surface area contributed by atoms with Crippen molar-refractivity contribution >= 4 is 11.6 Å². The minimum atomic E-state index is -0.127. The van der Waals surface area contributed by atoms with Crippen LogP contribution in [0.1, 0.15) is 17.0 Å². The highest BCUT2D eigenvalue weighted by Crippen LogP contribution is 2.31. The second kappa shape index (κ2) is 7.74. The summed E-state index contributed by atoms with van der Waals surface area (Å²) < 4.78 is 16.2. The molecule has 0 saturated heterocycles. The summed E-state index contributed by atoms with van der Waals surface area (Å²) in [6.07, 6.45) is 0.223. The maximum Gasteiger partial charge on any atom is 0.228 e. The summed E-state index contributed by atoms with van der Waals surface area (Å²) in [4.78, 5) is 12.2. The second-order valence-corrected chi connectivity index (χ2v) is 5.80. The number of hydrogen-bond donors (Lipinski definition) is 1. The number of aryl methyl sites for hydroxylation is 2. The molecule has 6 nitrogen and oxygen atoms in total. The lowest BCUT2D eigenvalue weighted by Crippen LogP contribution is -2.15. The highest BCUT2D eigenvalue weighted by atomic mass is 16.5. The van der Waals surface area contributed by atoms with Crippen LogP contribution in [0.5, 0.6) is 17.2 Å². The van der Waals surface area contributed by atoms with Crippen LogP contribution in [-0.4, -0.2) is 18.2 Å². The van der Waals surface area contributed by atoms with Gasteiger partial charge in [0.15, 0.2) is 11.5 Å². The molecule has 134 valence electrons. The molecule has 0 aliphatic rings. The van der Waals surface area contributed by atoms with E-state index in [4.69, 9.17) is 14.0 Å². The third kappa shape index (κ3) is 4.03. The van der Waals surface area contributed by atoms with E-state index in [-0.39, 0.29) is 12.3 Å². The molecule has 0 saturated carbocycles. The summed E-state index contributed by atoms with van der Waals surface area (Å²) in [7, 11) is 1.60. The first kappa shape index (κ1) is 17.5. The molecular weight excluding hydrogens is 332 g/mol. The van der Waals surface area contributed by atoms with Crippen LogP contribution in [0.25, 0.3) is 0 Å². The maximum atomic E-state index is 12.2. The highest BCUT2D eigenvalue weighted by molar-refractivity contribution is 5.92. The molecule has 0 unspecified atom stereocenters. The maximum absolute atomic E-state index is 12.2. The van der Waals surface area contributed by atoms with Gasteiger partial charge in [-0.15, -0.1) is 0 Å². The Morgan fingerprint density at radius 3 is 2.38 bits per heavy atom. The van der Waals surface area contributed by atoms with Crippen LogP contribution in [0.15, 0.2) is 53.1 Å². The Kier molecular flexibility index (Phi) is 5.22. The Hall–Kier alpha value is -3.28. The van der Waals surface area contributed by atoms with Crippen LogP contribution in [0, 0.1) is 13.8 Å². The summed E-state index contributed by atoms with van der Waals surface area (Å²) in [5, 5.41) is 6.72. The van der Waals surface area contributed by atoms with Crippen molar-refractivity contribution in [2.45, 2.75) is 20.3 Å². The van der Waals surface area contributed by atoms with Gasteiger partial charge in [-0.05, 0) is 50.2 Å². The van der Waals surface area contributed by atoms with Crippen molar-refractivity contribution in [3.05, 3.63) is 65.5 Å². The first-order valence-electron chi connectivity index (χ1n) is 8.19. The van der Waals surface area contributed by atoms with E-state index < -0.39 is 0 Å². The Balaban J connectivity index is 1.63. The SMILES string of the molecule is COc1ccccc1Oc1ccc(NC(=O)Cc2c(C)noc2C)cc1. The van der Waals surface area contributed by atoms with Gasteiger partial charge < -0.3 is 19.3 Å². The van der Waals surface area contributed by atoms with Gasteiger partial charge in [0.2, 0.25) is 5.91 Å². The highest BCUT2D eigenvalue weighted by Gasteiger charge is 2.13. The molecule has 1 aromatic heterocycles. The molecule has 0 bridgehead atoms. The average Bonchev–Trinajstić information content (AvgIpc) is 2.96. The number of nitrogens with zero attached hydrogens (tertiary/aromatic N) is 1. The molecule has 0 atom stereocenters. The van der Waals surface area contributed by atoms with Crippen molar-refractivity contribution in [3.8, 4) is 17.2 Å². The minimum Gasteiger partial charge on any atom is -0.493 e. The van der Waals surface area contributed by atoms with Crippen LogP contribution in [0.3, 0.4) is 0 Å². The molecule has 3 rings (SSSR count). The average molecular weight is 352 g/mol.